The van der Waals surface area contributed by atoms with E-state index in [1.54, 1.807) is 0 Å². The first kappa shape index (κ1) is 61.8. The van der Waals surface area contributed by atoms with Gasteiger partial charge in [0.1, 0.15) is 13.2 Å². The summed E-state index contributed by atoms with van der Waals surface area (Å²) in [7, 11) is 0. The van der Waals surface area contributed by atoms with Crippen molar-refractivity contribution >= 4 is 17.9 Å². The first-order valence-electron chi connectivity index (χ1n) is 26.7. The van der Waals surface area contributed by atoms with Gasteiger partial charge in [-0.15, -0.1) is 0 Å². The maximum atomic E-state index is 12.8. The molecule has 0 bridgehead atoms. The van der Waals surface area contributed by atoms with Crippen LogP contribution in [0.25, 0.3) is 0 Å². The summed E-state index contributed by atoms with van der Waals surface area (Å²) in [4.78, 5) is 38.0. The van der Waals surface area contributed by atoms with Crippen molar-refractivity contribution in [1.29, 1.82) is 0 Å². The molecule has 0 aliphatic rings. The van der Waals surface area contributed by atoms with E-state index in [0.717, 1.165) is 89.9 Å². The zero-order chi connectivity index (χ0) is 47.9. The smallest absolute Gasteiger partial charge is 0.306 e. The van der Waals surface area contributed by atoms with Crippen LogP contribution in [0.1, 0.15) is 220 Å². The second-order valence-corrected chi connectivity index (χ2v) is 17.3. The van der Waals surface area contributed by atoms with E-state index in [9.17, 15) is 14.4 Å². The van der Waals surface area contributed by atoms with Crippen LogP contribution in [0.5, 0.6) is 0 Å². The fraction of sp³-hybridized carbons (Fsp3) is 0.617. The van der Waals surface area contributed by atoms with Crippen molar-refractivity contribution in [3.63, 3.8) is 0 Å². The van der Waals surface area contributed by atoms with Crippen molar-refractivity contribution in [2.45, 2.75) is 226 Å². The molecule has 0 heterocycles. The van der Waals surface area contributed by atoms with Gasteiger partial charge in [0.15, 0.2) is 6.10 Å². The topological polar surface area (TPSA) is 78.9 Å². The number of allylic oxidation sites excluding steroid dienone is 20. The zero-order valence-corrected chi connectivity index (χ0v) is 42.4. The molecule has 0 spiro atoms. The molecule has 0 aliphatic heterocycles. The fourth-order valence-corrected chi connectivity index (χ4v) is 6.88. The summed E-state index contributed by atoms with van der Waals surface area (Å²) < 4.78 is 16.8. The maximum absolute atomic E-state index is 12.8. The van der Waals surface area contributed by atoms with Crippen LogP contribution in [0, 0.1) is 0 Å². The summed E-state index contributed by atoms with van der Waals surface area (Å²) >= 11 is 0. The van der Waals surface area contributed by atoms with E-state index in [2.05, 4.69) is 93.7 Å². The van der Waals surface area contributed by atoms with Gasteiger partial charge in [-0.2, -0.15) is 0 Å². The molecule has 0 aliphatic carbocycles. The lowest BCUT2D eigenvalue weighted by atomic mass is 10.1. The number of esters is 3. The van der Waals surface area contributed by atoms with Crippen molar-refractivity contribution in [1.82, 2.24) is 0 Å². The van der Waals surface area contributed by atoms with Crippen LogP contribution in [0.15, 0.2) is 122 Å². The number of hydrogen-bond donors (Lipinski definition) is 0. The van der Waals surface area contributed by atoms with Gasteiger partial charge in [0, 0.05) is 19.3 Å². The number of ether oxygens (including phenoxy) is 3. The Hall–Kier alpha value is -4.19. The third kappa shape index (κ3) is 50.8. The van der Waals surface area contributed by atoms with Gasteiger partial charge in [-0.3, -0.25) is 14.4 Å². The van der Waals surface area contributed by atoms with Gasteiger partial charge in [-0.05, 0) is 89.9 Å². The van der Waals surface area contributed by atoms with E-state index in [0.29, 0.717) is 19.3 Å². The minimum Gasteiger partial charge on any atom is -0.462 e. The summed E-state index contributed by atoms with van der Waals surface area (Å²) in [6, 6.07) is 0. The molecular weight excluding hydrogens is 817 g/mol. The summed E-state index contributed by atoms with van der Waals surface area (Å²) in [6.07, 6.45) is 73.1. The highest BCUT2D eigenvalue weighted by Gasteiger charge is 2.19. The lowest BCUT2D eigenvalue weighted by molar-refractivity contribution is -0.167. The molecule has 0 fully saturated rings. The monoisotopic (exact) mass is 913 g/mol. The van der Waals surface area contributed by atoms with Gasteiger partial charge in [-0.25, -0.2) is 0 Å². The zero-order valence-electron chi connectivity index (χ0n) is 42.4. The molecule has 0 aromatic heterocycles. The molecule has 0 aromatic carbocycles. The predicted molar refractivity (Wildman–Crippen MR) is 283 cm³/mol. The molecule has 6 heteroatoms. The second kappa shape index (κ2) is 53.4. The molecule has 0 aromatic rings. The Balaban J connectivity index is 4.54. The first-order valence-corrected chi connectivity index (χ1v) is 26.7. The van der Waals surface area contributed by atoms with E-state index < -0.39 is 6.10 Å². The van der Waals surface area contributed by atoms with Crippen LogP contribution in [-0.4, -0.2) is 37.2 Å². The maximum Gasteiger partial charge on any atom is 0.306 e. The highest BCUT2D eigenvalue weighted by atomic mass is 16.6. The fourth-order valence-electron chi connectivity index (χ4n) is 6.88. The molecule has 0 N–H and O–H groups in total. The molecule has 0 saturated carbocycles. The molecule has 0 saturated heterocycles. The molecule has 66 heavy (non-hydrogen) atoms. The van der Waals surface area contributed by atoms with Gasteiger partial charge < -0.3 is 14.2 Å². The lowest BCUT2D eigenvalue weighted by Gasteiger charge is -2.18. The molecule has 0 radical (unpaired) electrons. The van der Waals surface area contributed by atoms with Crippen LogP contribution in [0.4, 0.5) is 0 Å². The van der Waals surface area contributed by atoms with Gasteiger partial charge >= 0.3 is 17.9 Å². The average molecular weight is 913 g/mol. The SMILES string of the molecule is CC\C=C/C=C\C=C/C=C\C=C/CCCCCC(=O)OC(COC(=O)CCCCCCC\C=C/C=C\C=C/C=C\CCCCC)COC(=O)CCCCCCCCC/C=C\CCCCCC. The van der Waals surface area contributed by atoms with Gasteiger partial charge in [0.05, 0.1) is 0 Å². The summed E-state index contributed by atoms with van der Waals surface area (Å²) in [5.74, 6) is -0.985. The summed E-state index contributed by atoms with van der Waals surface area (Å²) in [6.45, 7) is 6.37. The Kier molecular flexibility index (Phi) is 50.0. The molecular formula is C60H96O6. The normalized spacial score (nSPS) is 13.1. The predicted octanol–water partition coefficient (Wildman–Crippen LogP) is 17.7. The minimum atomic E-state index is -0.815. The van der Waals surface area contributed by atoms with E-state index in [-0.39, 0.29) is 37.5 Å². The van der Waals surface area contributed by atoms with Gasteiger partial charge in [0.2, 0.25) is 0 Å². The third-order valence-corrected chi connectivity index (χ3v) is 10.9. The minimum absolute atomic E-state index is 0.109. The van der Waals surface area contributed by atoms with Crippen LogP contribution in [-0.2, 0) is 28.6 Å². The number of unbranched alkanes of at least 4 members (excludes halogenated alkanes) is 22. The Bertz CT molecular complexity index is 1420. The third-order valence-electron chi connectivity index (χ3n) is 10.9. The Morgan fingerprint density at radius 3 is 1.02 bits per heavy atom. The standard InChI is InChI=1S/C60H96O6/c1-4-7-10-13-16-19-22-25-28-29-30-33-35-38-41-44-47-50-53-59(62)65-56-57(66-60(63)54-51-48-45-42-39-36-32-27-24-21-18-15-12-9-6-3)55-64-58(61)52-49-46-43-40-37-34-31-26-23-20-17-14-11-8-5-2/h9,12,15-16,18-25,27-30,32-33,36,39,57H,4-8,10-11,13-14,17,26,31,34-35,37-38,40-56H2,1-3H3/b12-9-,18-15-,19-16-,23-20-,24-21-,25-22-,29-28-,32-27-,33-30-,39-36-. The van der Waals surface area contributed by atoms with Crippen molar-refractivity contribution in [3.05, 3.63) is 122 Å². The molecule has 0 amide bonds. The average Bonchev–Trinajstić information content (AvgIpc) is 3.31. The molecule has 372 valence electrons. The molecule has 6 nitrogen and oxygen atoms in total. The second-order valence-electron chi connectivity index (χ2n) is 17.3. The first-order chi connectivity index (χ1) is 32.5. The van der Waals surface area contributed by atoms with Crippen LogP contribution >= 0.6 is 0 Å². The van der Waals surface area contributed by atoms with E-state index in [1.807, 2.05) is 48.6 Å². The van der Waals surface area contributed by atoms with Crippen molar-refractivity contribution in [2.75, 3.05) is 13.2 Å². The van der Waals surface area contributed by atoms with Gasteiger partial charge in [0.25, 0.3) is 0 Å². The van der Waals surface area contributed by atoms with E-state index >= 15 is 0 Å². The number of hydrogen-bond acceptors (Lipinski definition) is 6. The van der Waals surface area contributed by atoms with Gasteiger partial charge in [-0.1, -0.05) is 232 Å². The number of carbonyl (C=O) groups excluding carboxylic acids is 3. The highest BCUT2D eigenvalue weighted by molar-refractivity contribution is 5.71. The quantitative estimate of drug-likeness (QED) is 0.0199. The molecule has 0 rings (SSSR count). The Labute approximate surface area is 405 Å². The summed E-state index contributed by atoms with van der Waals surface area (Å²) in [5.41, 5.74) is 0. The highest BCUT2D eigenvalue weighted by Crippen LogP contribution is 2.13. The van der Waals surface area contributed by atoms with Crippen LogP contribution < -0.4 is 0 Å². The number of rotatable bonds is 46. The van der Waals surface area contributed by atoms with Crippen LogP contribution in [0.2, 0.25) is 0 Å². The molecule has 1 unspecified atom stereocenters. The van der Waals surface area contributed by atoms with Crippen molar-refractivity contribution in [2.24, 2.45) is 0 Å². The van der Waals surface area contributed by atoms with Crippen molar-refractivity contribution in [3.8, 4) is 0 Å². The Morgan fingerprint density at radius 2 is 0.606 bits per heavy atom. The van der Waals surface area contributed by atoms with E-state index in [1.165, 1.54) is 83.5 Å². The van der Waals surface area contributed by atoms with E-state index in [4.69, 9.17) is 14.2 Å². The lowest BCUT2D eigenvalue weighted by Crippen LogP contribution is -2.30. The van der Waals surface area contributed by atoms with Crippen LogP contribution in [0.3, 0.4) is 0 Å². The van der Waals surface area contributed by atoms with Crippen molar-refractivity contribution < 1.29 is 28.6 Å². The summed E-state index contributed by atoms with van der Waals surface area (Å²) in [5, 5.41) is 0. The Morgan fingerprint density at radius 1 is 0.318 bits per heavy atom. The largest absolute Gasteiger partial charge is 0.462 e. The number of carbonyl (C=O) groups is 3. The molecule has 1 atom stereocenters.